The van der Waals surface area contributed by atoms with Crippen LogP contribution in [0.15, 0.2) is 48.5 Å². The molecule has 4 N–H and O–H groups in total. The second-order valence-corrected chi connectivity index (χ2v) is 16.3. The fourth-order valence-corrected chi connectivity index (χ4v) is 8.48. The first-order valence-electron chi connectivity index (χ1n) is 19.3. The maximum absolute atomic E-state index is 13.4. The summed E-state index contributed by atoms with van der Waals surface area (Å²) in [4.78, 5) is 30.7. The van der Waals surface area contributed by atoms with E-state index in [1.807, 2.05) is 114 Å². The molecule has 5 rings (SSSR count). The van der Waals surface area contributed by atoms with Crippen molar-refractivity contribution in [3.8, 4) is 23.0 Å². The highest BCUT2D eigenvalue weighted by Gasteiger charge is 2.34. The zero-order valence-electron chi connectivity index (χ0n) is 34.5. The molecule has 0 aromatic heterocycles. The van der Waals surface area contributed by atoms with E-state index in [9.17, 15) is 30.0 Å². The van der Waals surface area contributed by atoms with Crippen LogP contribution < -0.4 is 0 Å². The van der Waals surface area contributed by atoms with Crippen LogP contribution in [0.25, 0.3) is 0 Å². The van der Waals surface area contributed by atoms with Crippen LogP contribution >= 0.6 is 0 Å². The molecule has 10 heteroatoms. The Labute approximate surface area is 331 Å². The van der Waals surface area contributed by atoms with E-state index in [0.717, 1.165) is 22.3 Å². The van der Waals surface area contributed by atoms with Gasteiger partial charge in [-0.2, -0.15) is 0 Å². The lowest BCUT2D eigenvalue weighted by Crippen LogP contribution is -2.44. The number of ether oxygens (including phenoxy) is 2. The summed E-state index contributed by atoms with van der Waals surface area (Å²) in [5.41, 5.74) is 8.32. The highest BCUT2D eigenvalue weighted by Crippen LogP contribution is 2.38. The van der Waals surface area contributed by atoms with Crippen molar-refractivity contribution in [2.45, 2.75) is 106 Å². The summed E-state index contributed by atoms with van der Waals surface area (Å²) in [7, 11) is 2.72. The maximum atomic E-state index is 13.4. The number of hydrogen-bond donors (Lipinski definition) is 4. The number of carbonyl (C=O) groups excluding carboxylic acids is 2. The van der Waals surface area contributed by atoms with Gasteiger partial charge in [0.25, 0.3) is 0 Å². The van der Waals surface area contributed by atoms with Crippen molar-refractivity contribution < 1.29 is 39.5 Å². The van der Waals surface area contributed by atoms with Gasteiger partial charge < -0.3 is 29.9 Å². The fourth-order valence-electron chi connectivity index (χ4n) is 8.48. The van der Waals surface area contributed by atoms with Gasteiger partial charge in [-0.15, -0.1) is 0 Å². The molecule has 1 heterocycles. The Morgan fingerprint density at radius 1 is 0.464 bits per heavy atom. The van der Waals surface area contributed by atoms with E-state index in [-0.39, 0.29) is 73.9 Å². The van der Waals surface area contributed by atoms with Crippen LogP contribution in [0.4, 0.5) is 0 Å². The minimum Gasteiger partial charge on any atom is -0.507 e. The number of carbonyl (C=O) groups is 2. The molecule has 0 saturated carbocycles. The monoisotopic (exact) mass is 766 g/mol. The van der Waals surface area contributed by atoms with Crippen molar-refractivity contribution in [1.29, 1.82) is 0 Å². The summed E-state index contributed by atoms with van der Waals surface area (Å²) < 4.78 is 10.6. The van der Waals surface area contributed by atoms with Gasteiger partial charge in [0.05, 0.1) is 14.2 Å². The van der Waals surface area contributed by atoms with Gasteiger partial charge in [0, 0.05) is 61.3 Å². The minimum atomic E-state index is -0.709. The average Bonchev–Trinajstić information content (AvgIpc) is 3.11. The first-order chi connectivity index (χ1) is 26.4. The molecule has 10 nitrogen and oxygen atoms in total. The van der Waals surface area contributed by atoms with Crippen LogP contribution in [0.2, 0.25) is 0 Å². The van der Waals surface area contributed by atoms with Crippen molar-refractivity contribution in [3.63, 3.8) is 0 Å². The number of rotatable bonds is 6. The quantitative estimate of drug-likeness (QED) is 0.145. The number of esters is 2. The number of benzene rings is 4. The number of nitrogens with zero attached hydrogens (tertiary/aromatic N) is 2. The second kappa shape index (κ2) is 17.4. The number of aryl methyl sites for hydroxylation is 4. The molecule has 0 saturated heterocycles. The Kier molecular flexibility index (Phi) is 13.1. The number of hydrogen-bond acceptors (Lipinski definition) is 10. The molecule has 0 unspecified atom stereocenters. The summed E-state index contributed by atoms with van der Waals surface area (Å²) in [5.74, 6) is -0.999. The van der Waals surface area contributed by atoms with Crippen LogP contribution in [-0.2, 0) is 58.1 Å². The average molecular weight is 767 g/mol. The molecule has 4 aromatic carbocycles. The molecule has 2 atom stereocenters. The summed E-state index contributed by atoms with van der Waals surface area (Å²) >= 11 is 0. The fraction of sp³-hybridized carbons (Fsp3) is 0.435. The van der Waals surface area contributed by atoms with Crippen LogP contribution in [0, 0.1) is 39.5 Å². The standard InChI is InChI=1S/C46H58N2O8/c1-25(2)39(45(53)55-9)47-21-35-15-27(5)11-31(41(35)49)19-33-13-29(7)17-37(43(33)51)23-48(40(26(3)4)46(54)56-10)24-38-18-30(8)14-34(44(38)52)20-32-12-28(6)16-36(22-47)42(32)50/h11-18,25-26,39-40,49-52H,19-24H2,1-10H3/t39-,40-/m0/s1. The van der Waals surface area contributed by atoms with E-state index >= 15 is 0 Å². The van der Waals surface area contributed by atoms with Crippen molar-refractivity contribution in [2.75, 3.05) is 14.2 Å². The smallest absolute Gasteiger partial charge is 0.323 e. The summed E-state index contributed by atoms with van der Waals surface area (Å²) in [6.07, 6.45) is 0.417. The van der Waals surface area contributed by atoms with Crippen molar-refractivity contribution in [1.82, 2.24) is 9.80 Å². The Hall–Kier alpha value is -5.06. The predicted octanol–water partition coefficient (Wildman–Crippen LogP) is 7.64. The molecule has 56 heavy (non-hydrogen) atoms. The van der Waals surface area contributed by atoms with Crippen LogP contribution in [0.1, 0.15) is 94.5 Å². The zero-order chi connectivity index (χ0) is 41.2. The summed E-state index contributed by atoms with van der Waals surface area (Å²) in [5, 5.41) is 47.7. The van der Waals surface area contributed by atoms with E-state index in [2.05, 4.69) is 0 Å². The third-order valence-electron chi connectivity index (χ3n) is 10.8. The number of phenolic OH excluding ortho intramolecular Hbond substituents is 4. The van der Waals surface area contributed by atoms with Crippen molar-refractivity contribution in [3.05, 3.63) is 115 Å². The second-order valence-electron chi connectivity index (χ2n) is 16.3. The first kappa shape index (κ1) is 42.1. The number of aromatic hydroxyl groups is 4. The van der Waals surface area contributed by atoms with E-state index in [1.54, 1.807) is 0 Å². The molecule has 4 aromatic rings. The lowest BCUT2D eigenvalue weighted by molar-refractivity contribution is -0.150. The van der Waals surface area contributed by atoms with Gasteiger partial charge in [0.15, 0.2) is 0 Å². The number of fused-ring (bicyclic) bond motifs is 8. The molecule has 8 bridgehead atoms. The largest absolute Gasteiger partial charge is 0.507 e. The van der Waals surface area contributed by atoms with E-state index in [4.69, 9.17) is 9.47 Å². The number of phenols is 4. The normalized spacial score (nSPS) is 15.4. The topological polar surface area (TPSA) is 140 Å². The minimum absolute atomic E-state index is 0.0514. The van der Waals surface area contributed by atoms with Crippen LogP contribution in [0.3, 0.4) is 0 Å². The van der Waals surface area contributed by atoms with Gasteiger partial charge >= 0.3 is 11.9 Å². The summed E-state index contributed by atoms with van der Waals surface area (Å²) in [6, 6.07) is 13.7. The van der Waals surface area contributed by atoms with Gasteiger partial charge in [0.1, 0.15) is 35.1 Å². The zero-order valence-corrected chi connectivity index (χ0v) is 34.5. The van der Waals surface area contributed by atoms with Crippen molar-refractivity contribution in [2.24, 2.45) is 11.8 Å². The van der Waals surface area contributed by atoms with Gasteiger partial charge in [-0.25, -0.2) is 0 Å². The van der Waals surface area contributed by atoms with Gasteiger partial charge in [0.2, 0.25) is 0 Å². The Balaban J connectivity index is 1.79. The Morgan fingerprint density at radius 2 is 0.679 bits per heavy atom. The predicted molar refractivity (Wildman–Crippen MR) is 217 cm³/mol. The lowest BCUT2D eigenvalue weighted by Gasteiger charge is -2.34. The molecular formula is C46H58N2O8. The van der Waals surface area contributed by atoms with Gasteiger partial charge in [-0.1, -0.05) is 98.5 Å². The SMILES string of the molecule is COC(=O)[C@H](C(C)C)N1Cc2cc(C)cc(c2O)Cc2cc(C)cc(c2O)CN([C@H](C(=O)OC)C(C)C)Cc2cc(C)cc(c2O)Cc2cc(C)cc(c2O)C1. The maximum Gasteiger partial charge on any atom is 0.323 e. The first-order valence-corrected chi connectivity index (χ1v) is 19.3. The molecule has 1 aliphatic rings. The van der Waals surface area contributed by atoms with Crippen LogP contribution in [0.5, 0.6) is 23.0 Å². The lowest BCUT2D eigenvalue weighted by atomic mass is 9.92. The van der Waals surface area contributed by atoms with Gasteiger partial charge in [-0.3, -0.25) is 19.4 Å². The molecule has 0 radical (unpaired) electrons. The third kappa shape index (κ3) is 9.14. The van der Waals surface area contributed by atoms with E-state index < -0.39 is 24.0 Å². The Morgan fingerprint density at radius 3 is 0.875 bits per heavy atom. The third-order valence-corrected chi connectivity index (χ3v) is 10.8. The molecule has 300 valence electrons. The van der Waals surface area contributed by atoms with Gasteiger partial charge in [-0.05, 0) is 61.8 Å². The van der Waals surface area contributed by atoms with E-state index in [0.29, 0.717) is 44.5 Å². The molecular weight excluding hydrogens is 709 g/mol. The molecule has 1 aliphatic heterocycles. The Bertz CT molecular complexity index is 1840. The highest BCUT2D eigenvalue weighted by atomic mass is 16.5. The van der Waals surface area contributed by atoms with Crippen molar-refractivity contribution >= 4 is 11.9 Å². The van der Waals surface area contributed by atoms with Crippen LogP contribution in [-0.4, -0.2) is 68.5 Å². The highest BCUT2D eigenvalue weighted by molar-refractivity contribution is 5.76. The molecule has 0 fully saturated rings. The molecule has 0 spiro atoms. The number of methoxy groups -OCH3 is 2. The summed E-state index contributed by atoms with van der Waals surface area (Å²) in [6.45, 7) is 16.2. The molecule has 0 amide bonds. The van der Waals surface area contributed by atoms with E-state index in [1.165, 1.54) is 14.2 Å². The molecule has 0 aliphatic carbocycles.